The lowest BCUT2D eigenvalue weighted by Gasteiger charge is -2.51. The highest BCUT2D eigenvalue weighted by atomic mass is 19.1. The molecule has 0 aromatic heterocycles. The minimum absolute atomic E-state index is 0.125. The Labute approximate surface area is 236 Å². The Hall–Kier alpha value is -3.34. The van der Waals surface area contributed by atoms with Crippen LogP contribution in [0, 0.1) is 17.2 Å². The number of aryl methyl sites for hydroxylation is 1. The molecule has 3 aliphatic rings. The lowest BCUT2D eigenvalue weighted by atomic mass is 9.52. The Morgan fingerprint density at radius 2 is 1.77 bits per heavy atom. The van der Waals surface area contributed by atoms with Gasteiger partial charge in [-0.3, -0.25) is 4.79 Å². The summed E-state index contributed by atoms with van der Waals surface area (Å²) in [4.78, 5) is 12.0. The van der Waals surface area contributed by atoms with Crippen LogP contribution in [-0.2, 0) is 23.2 Å². The summed E-state index contributed by atoms with van der Waals surface area (Å²) in [6, 6.07) is 17.5. The van der Waals surface area contributed by atoms with Crippen LogP contribution in [0.5, 0.6) is 11.5 Å². The van der Waals surface area contributed by atoms with E-state index in [-0.39, 0.29) is 22.6 Å². The second-order valence-corrected chi connectivity index (χ2v) is 12.7. The van der Waals surface area contributed by atoms with Gasteiger partial charge in [0.25, 0.3) is 0 Å². The molecule has 5 heteroatoms. The minimum atomic E-state index is -0.680. The summed E-state index contributed by atoms with van der Waals surface area (Å²) in [5.74, 6) is 0.511. The standard InChI is InChI=1S/C35H39FO4/c1-34(2)15-5-7-29(34)27-18-22(8-12-26(27)28-19-24(39-3)11-13-32(28)36)21-40-25-10-9-23-6-4-16-35(31(23)20-25)17-14-30(35)33(37)38/h8-13,18-20,29-30H,4-7,14-17,21H2,1-3H3,(H,37,38)/t29-,30-,35+/m0/s1. The Kier molecular flexibility index (Phi) is 6.88. The quantitative estimate of drug-likeness (QED) is 0.325. The molecule has 4 nitrogen and oxygen atoms in total. The van der Waals surface area contributed by atoms with E-state index in [4.69, 9.17) is 9.47 Å². The number of methoxy groups -OCH3 is 1. The fourth-order valence-electron chi connectivity index (χ4n) is 7.82. The zero-order valence-corrected chi connectivity index (χ0v) is 23.8. The zero-order valence-electron chi connectivity index (χ0n) is 23.8. The lowest BCUT2D eigenvalue weighted by Crippen LogP contribution is -2.50. The molecule has 3 aromatic rings. The van der Waals surface area contributed by atoms with E-state index in [9.17, 15) is 9.90 Å². The Morgan fingerprint density at radius 1 is 0.950 bits per heavy atom. The van der Waals surface area contributed by atoms with E-state index >= 15 is 4.39 Å². The van der Waals surface area contributed by atoms with Crippen molar-refractivity contribution in [3.05, 3.63) is 82.7 Å². The Balaban J connectivity index is 1.31. The van der Waals surface area contributed by atoms with Crippen LogP contribution in [0.3, 0.4) is 0 Å². The van der Waals surface area contributed by atoms with Gasteiger partial charge >= 0.3 is 5.97 Å². The fourth-order valence-corrected chi connectivity index (χ4v) is 7.82. The maximum Gasteiger partial charge on any atom is 0.307 e. The summed E-state index contributed by atoms with van der Waals surface area (Å²) in [5.41, 5.74) is 6.01. The van der Waals surface area contributed by atoms with Gasteiger partial charge in [-0.15, -0.1) is 0 Å². The van der Waals surface area contributed by atoms with Gasteiger partial charge in [0.05, 0.1) is 13.0 Å². The van der Waals surface area contributed by atoms with Crippen LogP contribution in [0.1, 0.15) is 87.0 Å². The van der Waals surface area contributed by atoms with E-state index in [1.54, 1.807) is 19.2 Å². The van der Waals surface area contributed by atoms with E-state index in [1.165, 1.54) is 22.8 Å². The molecule has 6 rings (SSSR count). The lowest BCUT2D eigenvalue weighted by molar-refractivity contribution is -0.150. The number of ether oxygens (including phenoxy) is 2. The smallest absolute Gasteiger partial charge is 0.307 e. The average molecular weight is 543 g/mol. The van der Waals surface area contributed by atoms with E-state index in [2.05, 4.69) is 32.0 Å². The van der Waals surface area contributed by atoms with Gasteiger partial charge in [0, 0.05) is 11.0 Å². The predicted molar refractivity (Wildman–Crippen MR) is 155 cm³/mol. The number of carboxylic acids is 1. The molecule has 3 aliphatic carbocycles. The predicted octanol–water partition coefficient (Wildman–Crippen LogP) is 8.44. The van der Waals surface area contributed by atoms with Crippen molar-refractivity contribution in [3.63, 3.8) is 0 Å². The third kappa shape index (κ3) is 4.57. The highest BCUT2D eigenvalue weighted by molar-refractivity contribution is 5.75. The molecule has 0 bridgehead atoms. The molecule has 0 amide bonds. The molecule has 3 aromatic carbocycles. The SMILES string of the molecule is COc1ccc(F)c(-c2ccc(COc3ccc4c(c3)[C@]3(CCC4)CC[C@H]3C(=O)O)cc2[C@@H]2CCCC2(C)C)c1. The van der Waals surface area contributed by atoms with Crippen molar-refractivity contribution in [2.24, 2.45) is 11.3 Å². The second kappa shape index (κ2) is 10.2. The molecular formula is C35H39FO4. The largest absolute Gasteiger partial charge is 0.497 e. The second-order valence-electron chi connectivity index (χ2n) is 12.7. The summed E-state index contributed by atoms with van der Waals surface area (Å²) >= 11 is 0. The van der Waals surface area contributed by atoms with Crippen LogP contribution in [0.25, 0.3) is 11.1 Å². The molecule has 0 aliphatic heterocycles. The number of carbonyl (C=O) groups is 1. The third-order valence-electron chi connectivity index (χ3n) is 10.1. The third-order valence-corrected chi connectivity index (χ3v) is 10.1. The summed E-state index contributed by atoms with van der Waals surface area (Å²) in [6.45, 7) is 5.02. The van der Waals surface area contributed by atoms with Gasteiger partial charge in [-0.05, 0) is 114 Å². The summed E-state index contributed by atoms with van der Waals surface area (Å²) < 4.78 is 26.9. The molecule has 1 N–H and O–H groups in total. The van der Waals surface area contributed by atoms with Crippen molar-refractivity contribution in [2.75, 3.05) is 7.11 Å². The molecule has 2 saturated carbocycles. The van der Waals surface area contributed by atoms with Gasteiger partial charge < -0.3 is 14.6 Å². The fraction of sp³-hybridized carbons (Fsp3) is 0.457. The van der Waals surface area contributed by atoms with E-state index in [1.807, 2.05) is 18.2 Å². The first-order valence-electron chi connectivity index (χ1n) is 14.7. The van der Waals surface area contributed by atoms with Crippen LogP contribution in [0.4, 0.5) is 4.39 Å². The van der Waals surface area contributed by atoms with E-state index < -0.39 is 5.97 Å². The number of hydrogen-bond acceptors (Lipinski definition) is 3. The van der Waals surface area contributed by atoms with Crippen LogP contribution in [-0.4, -0.2) is 18.2 Å². The first kappa shape index (κ1) is 26.9. The Morgan fingerprint density at radius 3 is 2.48 bits per heavy atom. The molecule has 2 fully saturated rings. The maximum absolute atomic E-state index is 15.1. The van der Waals surface area contributed by atoms with Gasteiger partial charge in [0.1, 0.15) is 23.9 Å². The van der Waals surface area contributed by atoms with Crippen molar-refractivity contribution in [3.8, 4) is 22.6 Å². The molecule has 3 atom stereocenters. The molecular weight excluding hydrogens is 503 g/mol. The van der Waals surface area contributed by atoms with Gasteiger partial charge in [-0.2, -0.15) is 0 Å². The van der Waals surface area contributed by atoms with Crippen molar-refractivity contribution < 1.29 is 23.8 Å². The molecule has 0 heterocycles. The zero-order chi connectivity index (χ0) is 28.1. The summed E-state index contributed by atoms with van der Waals surface area (Å²) in [6.07, 6.45) is 8.03. The normalized spacial score (nSPS) is 24.8. The van der Waals surface area contributed by atoms with Crippen LogP contribution >= 0.6 is 0 Å². The van der Waals surface area contributed by atoms with Crippen molar-refractivity contribution in [1.82, 2.24) is 0 Å². The van der Waals surface area contributed by atoms with Gasteiger partial charge in [0.15, 0.2) is 0 Å². The van der Waals surface area contributed by atoms with E-state index in [0.29, 0.717) is 23.8 Å². The number of rotatable bonds is 7. The molecule has 1 spiro atoms. The highest BCUT2D eigenvalue weighted by Gasteiger charge is 2.53. The summed E-state index contributed by atoms with van der Waals surface area (Å²) in [7, 11) is 1.60. The van der Waals surface area contributed by atoms with Crippen molar-refractivity contribution in [2.45, 2.75) is 83.2 Å². The minimum Gasteiger partial charge on any atom is -0.497 e. The topological polar surface area (TPSA) is 55.8 Å². The van der Waals surface area contributed by atoms with Crippen LogP contribution in [0.2, 0.25) is 0 Å². The highest BCUT2D eigenvalue weighted by Crippen LogP contribution is 2.56. The van der Waals surface area contributed by atoms with Crippen molar-refractivity contribution in [1.29, 1.82) is 0 Å². The number of aliphatic carboxylic acids is 1. The molecule has 0 saturated heterocycles. The molecule has 210 valence electrons. The number of fused-ring (bicyclic) bond motifs is 2. The first-order chi connectivity index (χ1) is 19.2. The van der Waals surface area contributed by atoms with Crippen LogP contribution in [0.15, 0.2) is 54.6 Å². The molecule has 0 unspecified atom stereocenters. The average Bonchev–Trinajstić information content (AvgIpc) is 3.29. The van der Waals surface area contributed by atoms with Gasteiger partial charge in [-0.25, -0.2) is 4.39 Å². The number of benzene rings is 3. The maximum atomic E-state index is 15.1. The Bertz CT molecular complexity index is 1440. The molecule has 40 heavy (non-hydrogen) atoms. The van der Waals surface area contributed by atoms with Crippen LogP contribution < -0.4 is 9.47 Å². The first-order valence-corrected chi connectivity index (χ1v) is 14.7. The van der Waals surface area contributed by atoms with Gasteiger partial charge in [0.2, 0.25) is 0 Å². The number of hydrogen-bond donors (Lipinski definition) is 1. The van der Waals surface area contributed by atoms with Crippen molar-refractivity contribution >= 4 is 5.97 Å². The summed E-state index contributed by atoms with van der Waals surface area (Å²) in [5, 5.41) is 9.84. The monoisotopic (exact) mass is 542 g/mol. The number of halogens is 1. The van der Waals surface area contributed by atoms with E-state index in [0.717, 1.165) is 68.2 Å². The molecule has 0 radical (unpaired) electrons. The van der Waals surface area contributed by atoms with Gasteiger partial charge in [-0.1, -0.05) is 44.5 Å². The number of carboxylic acid groups (broad SMARTS) is 1.